The van der Waals surface area contributed by atoms with Crippen molar-refractivity contribution in [2.45, 2.75) is 33.1 Å². The van der Waals surface area contributed by atoms with Crippen molar-refractivity contribution >= 4 is 45.6 Å². The predicted octanol–water partition coefficient (Wildman–Crippen LogP) is 5.53. The van der Waals surface area contributed by atoms with Crippen LogP contribution in [0.1, 0.15) is 42.4 Å². The number of ether oxygens (including phenoxy) is 2. The maximum absolute atomic E-state index is 13.1. The third kappa shape index (κ3) is 4.46. The number of fused-ring (bicyclic) bond motifs is 3. The SMILES string of the molecule is CCCCCNC(=O)c1ncc2c(Nc3c(C)cccc3Cl)nc3cc(OC)c(OC)cc3n12. The van der Waals surface area contributed by atoms with Crippen molar-refractivity contribution < 1.29 is 14.3 Å². The van der Waals surface area contributed by atoms with Gasteiger partial charge in [0.05, 0.1) is 42.2 Å². The Labute approximate surface area is 203 Å². The minimum absolute atomic E-state index is 0.252. The van der Waals surface area contributed by atoms with Crippen LogP contribution in [0.4, 0.5) is 11.5 Å². The summed E-state index contributed by atoms with van der Waals surface area (Å²) in [6.07, 6.45) is 4.68. The fourth-order valence-corrected chi connectivity index (χ4v) is 4.15. The number of anilines is 2. The Balaban J connectivity index is 1.90. The lowest BCUT2D eigenvalue weighted by Gasteiger charge is -2.16. The van der Waals surface area contributed by atoms with Gasteiger partial charge in [0.1, 0.15) is 5.52 Å². The van der Waals surface area contributed by atoms with E-state index >= 15 is 0 Å². The molecule has 4 rings (SSSR count). The molecule has 0 saturated carbocycles. The monoisotopic (exact) mass is 481 g/mol. The summed E-state index contributed by atoms with van der Waals surface area (Å²) < 4.78 is 12.8. The predicted molar refractivity (Wildman–Crippen MR) is 135 cm³/mol. The molecule has 0 radical (unpaired) electrons. The van der Waals surface area contributed by atoms with Gasteiger partial charge in [-0.1, -0.05) is 43.5 Å². The molecule has 178 valence electrons. The van der Waals surface area contributed by atoms with Crippen LogP contribution in [0.3, 0.4) is 0 Å². The second-order valence-corrected chi connectivity index (χ2v) is 8.39. The first-order chi connectivity index (χ1) is 16.5. The smallest absolute Gasteiger partial charge is 0.287 e. The number of aromatic nitrogens is 3. The fourth-order valence-electron chi connectivity index (χ4n) is 3.88. The second kappa shape index (κ2) is 10.2. The van der Waals surface area contributed by atoms with E-state index in [1.807, 2.05) is 25.1 Å². The van der Waals surface area contributed by atoms with Gasteiger partial charge in [-0.3, -0.25) is 9.20 Å². The number of nitrogens with zero attached hydrogens (tertiary/aromatic N) is 3. The van der Waals surface area contributed by atoms with Gasteiger partial charge in [0, 0.05) is 18.7 Å². The summed E-state index contributed by atoms with van der Waals surface area (Å²) >= 11 is 6.46. The van der Waals surface area contributed by atoms with Crippen LogP contribution in [-0.4, -0.2) is 41.0 Å². The van der Waals surface area contributed by atoms with Crippen molar-refractivity contribution in [3.05, 3.63) is 52.9 Å². The van der Waals surface area contributed by atoms with Gasteiger partial charge in [0.2, 0.25) is 5.82 Å². The number of hydrogen-bond donors (Lipinski definition) is 2. The molecule has 34 heavy (non-hydrogen) atoms. The third-order valence-corrected chi connectivity index (χ3v) is 6.01. The molecule has 0 aliphatic rings. The molecule has 1 amide bonds. The number of carbonyl (C=O) groups is 1. The number of carbonyl (C=O) groups excluding carboxylic acids is 1. The first kappa shape index (κ1) is 23.6. The number of rotatable bonds is 9. The van der Waals surface area contributed by atoms with Gasteiger partial charge in [0.15, 0.2) is 17.3 Å². The Bertz CT molecular complexity index is 1330. The number of imidazole rings is 1. The van der Waals surface area contributed by atoms with E-state index in [0.29, 0.717) is 45.4 Å². The summed E-state index contributed by atoms with van der Waals surface area (Å²) in [4.78, 5) is 22.4. The highest BCUT2D eigenvalue weighted by Gasteiger charge is 2.21. The van der Waals surface area contributed by atoms with Crippen molar-refractivity contribution in [3.8, 4) is 11.5 Å². The van der Waals surface area contributed by atoms with E-state index in [0.717, 1.165) is 30.5 Å². The topological polar surface area (TPSA) is 89.8 Å². The van der Waals surface area contributed by atoms with E-state index in [-0.39, 0.29) is 11.7 Å². The molecule has 0 aliphatic carbocycles. The molecular formula is C25H28ClN5O3. The number of nitrogens with one attached hydrogen (secondary N) is 2. The minimum atomic E-state index is -0.252. The zero-order valence-corrected chi connectivity index (χ0v) is 20.5. The van der Waals surface area contributed by atoms with Crippen LogP contribution >= 0.6 is 11.6 Å². The summed E-state index contributed by atoms with van der Waals surface area (Å²) in [6.45, 7) is 4.68. The summed E-state index contributed by atoms with van der Waals surface area (Å²) in [5.74, 6) is 1.60. The molecule has 0 fully saturated rings. The number of para-hydroxylation sites is 1. The Kier molecular flexibility index (Phi) is 7.07. The average molecular weight is 482 g/mol. The van der Waals surface area contributed by atoms with Crippen molar-refractivity contribution in [1.82, 2.24) is 19.7 Å². The van der Waals surface area contributed by atoms with Crippen LogP contribution in [-0.2, 0) is 0 Å². The average Bonchev–Trinajstić information content (AvgIpc) is 3.29. The lowest BCUT2D eigenvalue weighted by atomic mass is 10.2. The van der Waals surface area contributed by atoms with Crippen molar-refractivity contribution in [2.75, 3.05) is 26.1 Å². The number of aryl methyl sites for hydroxylation is 1. The van der Waals surface area contributed by atoms with E-state index in [4.69, 9.17) is 26.1 Å². The van der Waals surface area contributed by atoms with Crippen molar-refractivity contribution in [2.24, 2.45) is 0 Å². The summed E-state index contributed by atoms with van der Waals surface area (Å²) in [5.41, 5.74) is 3.62. The minimum Gasteiger partial charge on any atom is -0.493 e. The summed E-state index contributed by atoms with van der Waals surface area (Å²) in [7, 11) is 3.14. The van der Waals surface area contributed by atoms with Crippen molar-refractivity contribution in [1.29, 1.82) is 0 Å². The maximum Gasteiger partial charge on any atom is 0.287 e. The van der Waals surface area contributed by atoms with Gasteiger partial charge in [0.25, 0.3) is 5.91 Å². The number of hydrogen-bond acceptors (Lipinski definition) is 6. The fraction of sp³-hybridized carbons (Fsp3) is 0.320. The maximum atomic E-state index is 13.1. The Hall–Kier alpha value is -3.52. The molecule has 9 heteroatoms. The molecule has 0 aliphatic heterocycles. The zero-order chi connectivity index (χ0) is 24.2. The number of unbranched alkanes of at least 4 members (excludes halogenated alkanes) is 2. The molecule has 0 spiro atoms. The first-order valence-corrected chi connectivity index (χ1v) is 11.6. The lowest BCUT2D eigenvalue weighted by Crippen LogP contribution is -2.26. The van der Waals surface area contributed by atoms with Crippen LogP contribution in [0.5, 0.6) is 11.5 Å². The van der Waals surface area contributed by atoms with Gasteiger partial charge >= 0.3 is 0 Å². The molecule has 2 heterocycles. The summed E-state index contributed by atoms with van der Waals surface area (Å²) in [5, 5.41) is 6.89. The van der Waals surface area contributed by atoms with E-state index in [9.17, 15) is 4.79 Å². The van der Waals surface area contributed by atoms with Crippen LogP contribution in [0, 0.1) is 6.92 Å². The lowest BCUT2D eigenvalue weighted by molar-refractivity contribution is 0.0942. The number of amides is 1. The van der Waals surface area contributed by atoms with E-state index in [1.54, 1.807) is 36.9 Å². The van der Waals surface area contributed by atoms with Crippen LogP contribution < -0.4 is 20.1 Å². The number of halogens is 1. The Morgan fingerprint density at radius 2 is 1.88 bits per heavy atom. The first-order valence-electron chi connectivity index (χ1n) is 11.2. The molecule has 0 unspecified atom stereocenters. The van der Waals surface area contributed by atoms with Gasteiger partial charge < -0.3 is 20.1 Å². The molecule has 0 atom stereocenters. The summed E-state index contributed by atoms with van der Waals surface area (Å²) in [6, 6.07) is 9.25. The number of benzene rings is 2. The van der Waals surface area contributed by atoms with Gasteiger partial charge in [-0.2, -0.15) is 0 Å². The van der Waals surface area contributed by atoms with E-state index in [1.165, 1.54) is 0 Å². The highest BCUT2D eigenvalue weighted by atomic mass is 35.5. The molecule has 8 nitrogen and oxygen atoms in total. The molecule has 2 aromatic carbocycles. The largest absolute Gasteiger partial charge is 0.493 e. The molecule has 0 bridgehead atoms. The normalized spacial score (nSPS) is 11.1. The standard InChI is InChI=1S/C25H28ClN5O3/c1-5-6-7-11-27-25(32)24-28-14-19-23(30-22-15(2)9-8-10-16(22)26)29-17-12-20(33-3)21(34-4)13-18(17)31(19)24/h8-10,12-14H,5-7,11H2,1-4H3,(H,27,32)(H,29,30). The van der Waals surface area contributed by atoms with Crippen LogP contribution in [0.2, 0.25) is 5.02 Å². The van der Waals surface area contributed by atoms with Crippen LogP contribution in [0.25, 0.3) is 16.6 Å². The Morgan fingerprint density at radius 1 is 1.12 bits per heavy atom. The van der Waals surface area contributed by atoms with E-state index in [2.05, 4.69) is 22.5 Å². The van der Waals surface area contributed by atoms with Gasteiger partial charge in [-0.25, -0.2) is 9.97 Å². The van der Waals surface area contributed by atoms with Gasteiger partial charge in [-0.15, -0.1) is 0 Å². The van der Waals surface area contributed by atoms with Crippen molar-refractivity contribution in [3.63, 3.8) is 0 Å². The zero-order valence-electron chi connectivity index (χ0n) is 19.7. The van der Waals surface area contributed by atoms with E-state index < -0.39 is 0 Å². The molecule has 2 aromatic heterocycles. The highest BCUT2D eigenvalue weighted by Crippen LogP contribution is 2.36. The highest BCUT2D eigenvalue weighted by molar-refractivity contribution is 6.33. The molecule has 0 saturated heterocycles. The molecule has 4 aromatic rings. The molecular weight excluding hydrogens is 454 g/mol. The Morgan fingerprint density at radius 3 is 2.59 bits per heavy atom. The van der Waals surface area contributed by atoms with Crippen LogP contribution in [0.15, 0.2) is 36.5 Å². The number of methoxy groups -OCH3 is 2. The molecule has 2 N–H and O–H groups in total. The van der Waals surface area contributed by atoms with Gasteiger partial charge in [-0.05, 0) is 25.0 Å². The third-order valence-electron chi connectivity index (χ3n) is 5.69. The second-order valence-electron chi connectivity index (χ2n) is 7.98. The quantitative estimate of drug-likeness (QED) is 0.306.